The molecule has 3 aromatic heterocycles. The number of rotatable bonds is 6. The molecule has 0 saturated heterocycles. The van der Waals surface area contributed by atoms with E-state index in [9.17, 15) is 0 Å². The smallest absolute Gasteiger partial charge is 0.160 e. The van der Waals surface area contributed by atoms with Crippen LogP contribution in [0.5, 0.6) is 0 Å². The maximum Gasteiger partial charge on any atom is 0.160 e. The van der Waals surface area contributed by atoms with E-state index in [2.05, 4.69) is 98.8 Å². The minimum absolute atomic E-state index is 0.697. The molecule has 0 atom stereocenters. The van der Waals surface area contributed by atoms with Gasteiger partial charge in [0.25, 0.3) is 0 Å². The summed E-state index contributed by atoms with van der Waals surface area (Å²) in [6, 6.07) is 41.7. The predicted molar refractivity (Wildman–Crippen MR) is 173 cm³/mol. The molecule has 4 heteroatoms. The highest BCUT2D eigenvalue weighted by Gasteiger charge is 2.16. The van der Waals surface area contributed by atoms with Gasteiger partial charge >= 0.3 is 0 Å². The summed E-state index contributed by atoms with van der Waals surface area (Å²) in [5, 5.41) is 2.27. The van der Waals surface area contributed by atoms with Crippen LogP contribution in [0.1, 0.15) is 25.1 Å². The van der Waals surface area contributed by atoms with Gasteiger partial charge in [-0.2, -0.15) is 0 Å². The second-order valence-corrected chi connectivity index (χ2v) is 10.4. The van der Waals surface area contributed by atoms with Crippen molar-refractivity contribution < 1.29 is 0 Å². The third-order valence-electron chi connectivity index (χ3n) is 7.83. The van der Waals surface area contributed by atoms with E-state index in [1.165, 1.54) is 10.9 Å². The summed E-state index contributed by atoms with van der Waals surface area (Å²) in [6.45, 7) is 4.36. The van der Waals surface area contributed by atoms with Crippen LogP contribution >= 0.6 is 0 Å². The second-order valence-electron chi connectivity index (χ2n) is 10.4. The molecule has 0 N–H and O–H groups in total. The summed E-state index contributed by atoms with van der Waals surface area (Å²) >= 11 is 0. The maximum atomic E-state index is 5.27. The molecule has 0 spiro atoms. The quantitative estimate of drug-likeness (QED) is 0.196. The summed E-state index contributed by atoms with van der Waals surface area (Å²) < 4.78 is 0. The summed E-state index contributed by atoms with van der Waals surface area (Å²) in [6.07, 6.45) is 1.85. The van der Waals surface area contributed by atoms with Crippen LogP contribution in [0, 0.1) is 0 Å². The first-order chi connectivity index (χ1) is 20.7. The summed E-state index contributed by atoms with van der Waals surface area (Å²) in [5.74, 6) is 0.697. The molecule has 0 saturated carbocycles. The van der Waals surface area contributed by atoms with E-state index in [0.717, 1.165) is 74.3 Å². The van der Waals surface area contributed by atoms with Crippen molar-refractivity contribution in [3.8, 4) is 45.2 Å². The van der Waals surface area contributed by atoms with Crippen molar-refractivity contribution >= 4 is 21.8 Å². The molecule has 0 amide bonds. The van der Waals surface area contributed by atoms with E-state index in [1.54, 1.807) is 0 Å². The number of pyridine rings is 2. The van der Waals surface area contributed by atoms with Gasteiger partial charge in [-0.1, -0.05) is 117 Å². The maximum absolute atomic E-state index is 5.27. The van der Waals surface area contributed by atoms with E-state index in [-0.39, 0.29) is 0 Å². The van der Waals surface area contributed by atoms with Gasteiger partial charge < -0.3 is 0 Å². The van der Waals surface area contributed by atoms with Crippen LogP contribution in [0.15, 0.2) is 121 Å². The summed E-state index contributed by atoms with van der Waals surface area (Å²) in [7, 11) is 0. The fourth-order valence-corrected chi connectivity index (χ4v) is 5.61. The third-order valence-corrected chi connectivity index (χ3v) is 7.83. The van der Waals surface area contributed by atoms with Crippen molar-refractivity contribution in [2.24, 2.45) is 0 Å². The van der Waals surface area contributed by atoms with Crippen molar-refractivity contribution in [3.05, 3.63) is 133 Å². The highest BCUT2D eigenvalue weighted by atomic mass is 14.9. The third kappa shape index (κ3) is 4.71. The molecule has 42 heavy (non-hydrogen) atoms. The Morgan fingerprint density at radius 1 is 0.476 bits per heavy atom. The molecule has 202 valence electrons. The fraction of sp³-hybridized carbons (Fsp3) is 0.105. The number of aromatic nitrogens is 4. The minimum Gasteiger partial charge on any atom is -0.251 e. The SMILES string of the molecule is CCc1cc(CC)c2ccc3ccc(-c4ccccc4-c4cc(-c5ccccc5)nc(-c5ccccc5)n4)nc3c2n1. The van der Waals surface area contributed by atoms with Crippen molar-refractivity contribution in [2.75, 3.05) is 0 Å². The van der Waals surface area contributed by atoms with Crippen LogP contribution in [0.3, 0.4) is 0 Å². The van der Waals surface area contributed by atoms with Crippen LogP contribution in [-0.2, 0) is 12.8 Å². The van der Waals surface area contributed by atoms with E-state index in [1.807, 2.05) is 36.4 Å². The first-order valence-electron chi connectivity index (χ1n) is 14.5. The van der Waals surface area contributed by atoms with Crippen molar-refractivity contribution in [1.82, 2.24) is 19.9 Å². The molecule has 0 unspecified atom stereocenters. The highest BCUT2D eigenvalue weighted by Crippen LogP contribution is 2.35. The van der Waals surface area contributed by atoms with Crippen LogP contribution < -0.4 is 0 Å². The van der Waals surface area contributed by atoms with Crippen molar-refractivity contribution in [1.29, 1.82) is 0 Å². The molecule has 7 aromatic rings. The van der Waals surface area contributed by atoms with Crippen LogP contribution in [-0.4, -0.2) is 19.9 Å². The Labute approximate surface area is 245 Å². The van der Waals surface area contributed by atoms with Crippen molar-refractivity contribution in [2.45, 2.75) is 26.7 Å². The Morgan fingerprint density at radius 2 is 1.12 bits per heavy atom. The Kier molecular flexibility index (Phi) is 6.73. The number of hydrogen-bond acceptors (Lipinski definition) is 4. The molecule has 0 fully saturated rings. The van der Waals surface area contributed by atoms with E-state index in [4.69, 9.17) is 19.9 Å². The van der Waals surface area contributed by atoms with Gasteiger partial charge in [0, 0.05) is 38.7 Å². The standard InChI is InChI=1S/C38H30N4/c1-3-25-23-29(4-2)39-37-30(25)21-19-27-20-22-33(40-36(27)37)31-17-11-12-18-32(31)35-24-34(26-13-7-5-8-14-26)41-38(42-35)28-15-9-6-10-16-28/h5-24H,3-4H2,1-2H3. The molecule has 0 bridgehead atoms. The normalized spacial score (nSPS) is 11.3. The lowest BCUT2D eigenvalue weighted by atomic mass is 9.98. The molecular weight excluding hydrogens is 512 g/mol. The van der Waals surface area contributed by atoms with Crippen LogP contribution in [0.2, 0.25) is 0 Å². The predicted octanol–water partition coefficient (Wildman–Crippen LogP) is 9.37. The monoisotopic (exact) mass is 542 g/mol. The zero-order valence-corrected chi connectivity index (χ0v) is 23.8. The molecule has 7 rings (SSSR count). The highest BCUT2D eigenvalue weighted by molar-refractivity contribution is 6.05. The van der Waals surface area contributed by atoms with Gasteiger partial charge in [-0.15, -0.1) is 0 Å². The first-order valence-corrected chi connectivity index (χ1v) is 14.5. The molecule has 4 aromatic carbocycles. The molecule has 3 heterocycles. The Morgan fingerprint density at radius 3 is 1.83 bits per heavy atom. The number of aryl methyl sites for hydroxylation is 2. The van der Waals surface area contributed by atoms with Crippen LogP contribution in [0.4, 0.5) is 0 Å². The van der Waals surface area contributed by atoms with Gasteiger partial charge in [0.1, 0.15) is 0 Å². The summed E-state index contributed by atoms with van der Waals surface area (Å²) in [5.41, 5.74) is 11.0. The number of hydrogen-bond donors (Lipinski definition) is 0. The van der Waals surface area contributed by atoms with Gasteiger partial charge in [-0.25, -0.2) is 15.0 Å². The number of nitrogens with zero attached hydrogens (tertiary/aromatic N) is 4. The molecule has 0 aliphatic carbocycles. The lowest BCUT2D eigenvalue weighted by Crippen LogP contribution is -1.98. The van der Waals surface area contributed by atoms with E-state index >= 15 is 0 Å². The zero-order chi connectivity index (χ0) is 28.5. The van der Waals surface area contributed by atoms with Gasteiger partial charge in [0.05, 0.1) is 28.1 Å². The molecule has 0 aliphatic heterocycles. The van der Waals surface area contributed by atoms with E-state index < -0.39 is 0 Å². The average molecular weight is 543 g/mol. The van der Waals surface area contributed by atoms with Gasteiger partial charge in [-0.05, 0) is 36.6 Å². The fourth-order valence-electron chi connectivity index (χ4n) is 5.61. The Hall–Kier alpha value is -5.22. The largest absolute Gasteiger partial charge is 0.251 e. The summed E-state index contributed by atoms with van der Waals surface area (Å²) in [4.78, 5) is 20.4. The van der Waals surface area contributed by atoms with Gasteiger partial charge in [0.15, 0.2) is 5.82 Å². The number of fused-ring (bicyclic) bond motifs is 3. The molecule has 0 aliphatic rings. The minimum atomic E-state index is 0.697. The zero-order valence-electron chi connectivity index (χ0n) is 23.8. The first kappa shape index (κ1) is 25.7. The van der Waals surface area contributed by atoms with Gasteiger partial charge in [-0.3, -0.25) is 4.98 Å². The molecule has 0 radical (unpaired) electrons. The lowest BCUT2D eigenvalue weighted by Gasteiger charge is -2.14. The van der Waals surface area contributed by atoms with Gasteiger partial charge in [0.2, 0.25) is 0 Å². The number of benzene rings is 4. The molecule has 4 nitrogen and oxygen atoms in total. The van der Waals surface area contributed by atoms with E-state index in [0.29, 0.717) is 5.82 Å². The Bertz CT molecular complexity index is 1990. The Balaban J connectivity index is 1.44. The average Bonchev–Trinajstić information content (AvgIpc) is 3.08. The van der Waals surface area contributed by atoms with Crippen LogP contribution in [0.25, 0.3) is 67.0 Å². The topological polar surface area (TPSA) is 51.6 Å². The molecular formula is C38H30N4. The second kappa shape index (κ2) is 11.0. The van der Waals surface area contributed by atoms with Crippen molar-refractivity contribution in [3.63, 3.8) is 0 Å². The lowest BCUT2D eigenvalue weighted by molar-refractivity contribution is 1.03.